The zero-order valence-electron chi connectivity index (χ0n) is 19.2. The molecule has 32 heavy (non-hydrogen) atoms. The van der Waals surface area contributed by atoms with Crippen molar-refractivity contribution in [2.45, 2.75) is 52.5 Å². The maximum Gasteiger partial charge on any atom is 0.252 e. The lowest BCUT2D eigenvalue weighted by molar-refractivity contribution is 0.0917. The molecule has 2 saturated carbocycles. The van der Waals surface area contributed by atoms with Gasteiger partial charge in [0.05, 0.1) is 23.4 Å². The zero-order valence-corrected chi connectivity index (χ0v) is 19.2. The summed E-state index contributed by atoms with van der Waals surface area (Å²) >= 11 is 0. The molecule has 0 spiro atoms. The number of nitrogens with one attached hydrogen (secondary N) is 1. The Morgan fingerprint density at radius 1 is 1.12 bits per heavy atom. The second-order valence-electron chi connectivity index (χ2n) is 9.63. The minimum atomic E-state index is 0.00506. The summed E-state index contributed by atoms with van der Waals surface area (Å²) in [5.41, 5.74) is 4.47. The van der Waals surface area contributed by atoms with Gasteiger partial charge in [-0.3, -0.25) is 4.79 Å². The van der Waals surface area contributed by atoms with E-state index in [0.29, 0.717) is 18.1 Å². The van der Waals surface area contributed by atoms with E-state index in [1.165, 1.54) is 25.7 Å². The van der Waals surface area contributed by atoms with E-state index in [4.69, 9.17) is 9.72 Å². The second kappa shape index (κ2) is 8.57. The van der Waals surface area contributed by atoms with Crippen LogP contribution in [0.3, 0.4) is 0 Å². The summed E-state index contributed by atoms with van der Waals surface area (Å²) < 4.78 is 5.57. The van der Waals surface area contributed by atoms with Gasteiger partial charge in [0, 0.05) is 17.0 Å². The number of carbonyl (C=O) groups is 1. The predicted molar refractivity (Wildman–Crippen MR) is 129 cm³/mol. The molecule has 1 amide bonds. The third kappa shape index (κ3) is 3.99. The monoisotopic (exact) mass is 428 g/mol. The summed E-state index contributed by atoms with van der Waals surface area (Å²) in [4.78, 5) is 18.4. The fourth-order valence-electron chi connectivity index (χ4n) is 5.86. The Hall–Kier alpha value is -2.88. The van der Waals surface area contributed by atoms with Crippen molar-refractivity contribution in [2.75, 3.05) is 6.61 Å². The van der Waals surface area contributed by atoms with Gasteiger partial charge >= 0.3 is 0 Å². The standard InChI is InChI=1S/C28H32N2O2/c1-4-32-22-10-8-20(9-11-22)27-16-25(24-13-17(2)5-12-26(24)30-27)28(31)29-18(3)23-15-19-6-7-21(23)14-19/h5,8-13,16,18-19,21,23H,4,6-7,14-15H2,1-3H3,(H,29,31)/t18-,19-,21-,23+/m1/s1. The van der Waals surface area contributed by atoms with Crippen molar-refractivity contribution in [1.82, 2.24) is 10.3 Å². The Balaban J connectivity index is 1.47. The molecular weight excluding hydrogens is 396 g/mol. The summed E-state index contributed by atoms with van der Waals surface area (Å²) in [5.74, 6) is 3.11. The van der Waals surface area contributed by atoms with Gasteiger partial charge in [-0.15, -0.1) is 0 Å². The Bertz CT molecular complexity index is 1140. The van der Waals surface area contributed by atoms with Crippen LogP contribution >= 0.6 is 0 Å². The number of amides is 1. The summed E-state index contributed by atoms with van der Waals surface area (Å²) in [6, 6.07) is 16.2. The lowest BCUT2D eigenvalue weighted by atomic mass is 9.84. The Morgan fingerprint density at radius 3 is 2.62 bits per heavy atom. The number of pyridine rings is 1. The highest BCUT2D eigenvalue weighted by molar-refractivity contribution is 6.07. The highest BCUT2D eigenvalue weighted by atomic mass is 16.5. The molecule has 0 unspecified atom stereocenters. The van der Waals surface area contributed by atoms with Crippen molar-refractivity contribution in [2.24, 2.45) is 17.8 Å². The SMILES string of the molecule is CCOc1ccc(-c2cc(C(=O)N[C@H](C)[C@@H]3C[C@@H]4CC[C@@H]3C4)c3cc(C)ccc3n2)cc1. The van der Waals surface area contributed by atoms with Gasteiger partial charge in [0.2, 0.25) is 0 Å². The Labute approximate surface area is 190 Å². The molecule has 4 heteroatoms. The van der Waals surface area contributed by atoms with Crippen LogP contribution in [0.1, 0.15) is 55.5 Å². The van der Waals surface area contributed by atoms with Gasteiger partial charge < -0.3 is 10.1 Å². The minimum Gasteiger partial charge on any atom is -0.494 e. The number of fused-ring (bicyclic) bond motifs is 3. The van der Waals surface area contributed by atoms with Crippen molar-refractivity contribution >= 4 is 16.8 Å². The first kappa shape index (κ1) is 21.0. The van der Waals surface area contributed by atoms with Crippen LogP contribution in [-0.2, 0) is 0 Å². The highest BCUT2D eigenvalue weighted by Crippen LogP contribution is 2.49. The lowest BCUT2D eigenvalue weighted by Gasteiger charge is -2.28. The first-order chi connectivity index (χ1) is 15.5. The van der Waals surface area contributed by atoms with E-state index in [1.54, 1.807) is 0 Å². The van der Waals surface area contributed by atoms with E-state index in [9.17, 15) is 4.79 Å². The van der Waals surface area contributed by atoms with E-state index in [-0.39, 0.29) is 11.9 Å². The normalized spacial score (nSPS) is 22.8. The topological polar surface area (TPSA) is 51.2 Å². The molecule has 5 rings (SSSR count). The molecule has 1 N–H and O–H groups in total. The minimum absolute atomic E-state index is 0.00506. The number of aromatic nitrogens is 1. The van der Waals surface area contributed by atoms with E-state index in [1.807, 2.05) is 43.3 Å². The Kier molecular flexibility index (Phi) is 5.62. The molecule has 0 saturated heterocycles. The molecule has 2 aromatic carbocycles. The van der Waals surface area contributed by atoms with E-state index >= 15 is 0 Å². The smallest absolute Gasteiger partial charge is 0.252 e. The van der Waals surface area contributed by atoms with Crippen LogP contribution in [0.5, 0.6) is 5.75 Å². The van der Waals surface area contributed by atoms with Crippen molar-refractivity contribution in [3.63, 3.8) is 0 Å². The molecule has 4 nitrogen and oxygen atoms in total. The summed E-state index contributed by atoms with van der Waals surface area (Å²) in [5, 5.41) is 4.27. The molecule has 3 aromatic rings. The number of ether oxygens (including phenoxy) is 1. The van der Waals surface area contributed by atoms with Gasteiger partial charge in [-0.05, 0) is 100 Å². The van der Waals surface area contributed by atoms with Gasteiger partial charge in [0.25, 0.3) is 5.91 Å². The first-order valence-corrected chi connectivity index (χ1v) is 12.0. The summed E-state index contributed by atoms with van der Waals surface area (Å²) in [6.45, 7) is 6.85. The fraction of sp³-hybridized carbons (Fsp3) is 0.429. The van der Waals surface area contributed by atoms with Gasteiger partial charge in [0.15, 0.2) is 0 Å². The van der Waals surface area contributed by atoms with Crippen LogP contribution in [-0.4, -0.2) is 23.5 Å². The van der Waals surface area contributed by atoms with Crippen LogP contribution in [0, 0.1) is 24.7 Å². The number of hydrogen-bond donors (Lipinski definition) is 1. The lowest BCUT2D eigenvalue weighted by Crippen LogP contribution is -2.40. The number of rotatable bonds is 6. The number of nitrogens with zero attached hydrogens (tertiary/aromatic N) is 1. The van der Waals surface area contributed by atoms with Crippen molar-refractivity contribution in [3.8, 4) is 17.0 Å². The maximum absolute atomic E-state index is 13.5. The molecule has 166 valence electrons. The molecule has 0 aliphatic heterocycles. The maximum atomic E-state index is 13.5. The molecule has 2 bridgehead atoms. The summed E-state index contributed by atoms with van der Waals surface area (Å²) in [6.07, 6.45) is 5.32. The molecular formula is C28H32N2O2. The number of aryl methyl sites for hydroxylation is 1. The van der Waals surface area contributed by atoms with Gasteiger partial charge in [-0.1, -0.05) is 18.1 Å². The second-order valence-corrected chi connectivity index (χ2v) is 9.63. The average Bonchev–Trinajstić information content (AvgIpc) is 3.43. The molecule has 0 radical (unpaired) electrons. The number of hydrogen-bond acceptors (Lipinski definition) is 3. The van der Waals surface area contributed by atoms with Crippen molar-refractivity contribution in [1.29, 1.82) is 0 Å². The molecule has 2 aliphatic rings. The Morgan fingerprint density at radius 2 is 1.94 bits per heavy atom. The molecule has 1 aromatic heterocycles. The quantitative estimate of drug-likeness (QED) is 0.511. The largest absolute Gasteiger partial charge is 0.494 e. The highest BCUT2D eigenvalue weighted by Gasteiger charge is 2.42. The zero-order chi connectivity index (χ0) is 22.2. The van der Waals surface area contributed by atoms with Gasteiger partial charge in [-0.25, -0.2) is 4.98 Å². The van der Waals surface area contributed by atoms with Crippen LogP contribution in [0.2, 0.25) is 0 Å². The first-order valence-electron chi connectivity index (χ1n) is 12.0. The van der Waals surface area contributed by atoms with Crippen molar-refractivity contribution in [3.05, 3.63) is 59.7 Å². The van der Waals surface area contributed by atoms with Crippen molar-refractivity contribution < 1.29 is 9.53 Å². The number of carbonyl (C=O) groups excluding carboxylic acids is 1. The number of benzene rings is 2. The van der Waals surface area contributed by atoms with Crippen LogP contribution in [0.25, 0.3) is 22.2 Å². The van der Waals surface area contributed by atoms with Gasteiger partial charge in [0.1, 0.15) is 5.75 Å². The summed E-state index contributed by atoms with van der Waals surface area (Å²) in [7, 11) is 0. The third-order valence-corrected chi connectivity index (χ3v) is 7.46. The van der Waals surface area contributed by atoms with E-state index in [2.05, 4.69) is 31.3 Å². The van der Waals surface area contributed by atoms with Crippen LogP contribution in [0.15, 0.2) is 48.5 Å². The molecule has 2 fully saturated rings. The van der Waals surface area contributed by atoms with Crippen LogP contribution < -0.4 is 10.1 Å². The predicted octanol–water partition coefficient (Wildman–Crippen LogP) is 6.16. The van der Waals surface area contributed by atoms with Crippen LogP contribution in [0.4, 0.5) is 0 Å². The molecule has 1 heterocycles. The average molecular weight is 429 g/mol. The molecule has 2 aliphatic carbocycles. The van der Waals surface area contributed by atoms with Gasteiger partial charge in [-0.2, -0.15) is 0 Å². The van der Waals surface area contributed by atoms with E-state index < -0.39 is 0 Å². The van der Waals surface area contributed by atoms with E-state index in [0.717, 1.165) is 45.3 Å². The third-order valence-electron chi connectivity index (χ3n) is 7.46. The molecule has 4 atom stereocenters. The fourth-order valence-corrected chi connectivity index (χ4v) is 5.86.